The lowest BCUT2D eigenvalue weighted by atomic mass is 9.79. The fraction of sp³-hybridized carbons (Fsp3) is 0.440. The van der Waals surface area contributed by atoms with Crippen LogP contribution in [0.4, 0.5) is 0 Å². The minimum absolute atomic E-state index is 0.119. The van der Waals surface area contributed by atoms with Crippen molar-refractivity contribution < 1.29 is 19.1 Å². The van der Waals surface area contributed by atoms with Crippen molar-refractivity contribution in [3.8, 4) is 0 Å². The van der Waals surface area contributed by atoms with E-state index in [1.807, 2.05) is 65.0 Å². The van der Waals surface area contributed by atoms with Crippen LogP contribution in [-0.2, 0) is 25.7 Å². The molecule has 1 aliphatic rings. The zero-order chi connectivity index (χ0) is 24.4. The van der Waals surface area contributed by atoms with Crippen molar-refractivity contribution in [2.75, 3.05) is 6.61 Å². The lowest BCUT2D eigenvalue weighted by Gasteiger charge is -2.51. The Morgan fingerprint density at radius 3 is 2.33 bits per heavy atom. The van der Waals surface area contributed by atoms with Gasteiger partial charge in [0.05, 0.1) is 12.2 Å². The van der Waals surface area contributed by atoms with Gasteiger partial charge in [-0.2, -0.15) is 5.10 Å². The summed E-state index contributed by atoms with van der Waals surface area (Å²) in [6, 6.07) is 9.80. The maximum Gasteiger partial charge on any atom is 0.331 e. The Balaban J connectivity index is 1.64. The highest BCUT2D eigenvalue weighted by Gasteiger charge is 2.47. The lowest BCUT2D eigenvalue weighted by Crippen LogP contribution is -2.63. The molecule has 7 nitrogen and oxygen atoms in total. The summed E-state index contributed by atoms with van der Waals surface area (Å²) < 4.78 is 6.87. The van der Waals surface area contributed by atoms with E-state index in [9.17, 15) is 14.4 Å². The fourth-order valence-electron chi connectivity index (χ4n) is 4.69. The highest BCUT2D eigenvalue weighted by atomic mass is 35.5. The Morgan fingerprint density at radius 1 is 1.12 bits per heavy atom. The molecular weight excluding hydrogens is 442 g/mol. The molecule has 3 rings (SSSR count). The maximum absolute atomic E-state index is 12.9. The maximum atomic E-state index is 12.9. The third-order valence-corrected chi connectivity index (χ3v) is 6.13. The summed E-state index contributed by atoms with van der Waals surface area (Å²) in [7, 11) is 0. The normalized spacial score (nSPS) is 17.4. The first kappa shape index (κ1) is 24.7. The minimum Gasteiger partial charge on any atom is -0.452 e. The van der Waals surface area contributed by atoms with E-state index in [1.54, 1.807) is 15.7 Å². The van der Waals surface area contributed by atoms with Gasteiger partial charge in [0.25, 0.3) is 5.91 Å². The van der Waals surface area contributed by atoms with Gasteiger partial charge in [-0.25, -0.2) is 9.48 Å². The van der Waals surface area contributed by atoms with Crippen molar-refractivity contribution in [2.24, 2.45) is 0 Å². The number of likely N-dealkylation sites (tertiary alicyclic amines) is 1. The van der Waals surface area contributed by atoms with Gasteiger partial charge in [0.1, 0.15) is 10.9 Å². The third kappa shape index (κ3) is 5.71. The number of nitrogens with zero attached hydrogens (tertiary/aromatic N) is 3. The predicted octanol–water partition coefficient (Wildman–Crippen LogP) is 4.20. The van der Waals surface area contributed by atoms with Gasteiger partial charge in [0, 0.05) is 35.6 Å². The molecule has 1 fully saturated rings. The van der Waals surface area contributed by atoms with Gasteiger partial charge in [0.15, 0.2) is 6.61 Å². The summed E-state index contributed by atoms with van der Waals surface area (Å²) in [6.45, 7) is 9.32. The molecule has 1 aromatic carbocycles. The summed E-state index contributed by atoms with van der Waals surface area (Å²) in [5, 5.41) is 4.86. The van der Waals surface area contributed by atoms with Crippen molar-refractivity contribution in [1.29, 1.82) is 0 Å². The largest absolute Gasteiger partial charge is 0.452 e. The molecule has 0 saturated carbocycles. The Bertz CT molecular complexity index is 1070. The number of ketones is 1. The standard InChI is InChI=1S/C25H30ClN3O4/c1-17-20(23(26)28(27-17)15-18-9-7-6-8-10-18)11-12-22(32)33-16-21(31)29-24(2,3)13-19(30)14-25(29,4)5/h6-12H,13-16H2,1-5H3/b12-11+. The number of carbonyl (C=O) groups is 3. The first-order valence-electron chi connectivity index (χ1n) is 10.9. The highest BCUT2D eigenvalue weighted by Crippen LogP contribution is 2.36. The smallest absolute Gasteiger partial charge is 0.331 e. The second-order valence-corrected chi connectivity index (χ2v) is 9.98. The summed E-state index contributed by atoms with van der Waals surface area (Å²) >= 11 is 6.48. The van der Waals surface area contributed by atoms with Crippen LogP contribution in [0.2, 0.25) is 5.15 Å². The monoisotopic (exact) mass is 471 g/mol. The molecule has 1 amide bonds. The van der Waals surface area contributed by atoms with E-state index < -0.39 is 23.7 Å². The molecule has 1 saturated heterocycles. The fourth-order valence-corrected chi connectivity index (χ4v) is 4.99. The zero-order valence-corrected chi connectivity index (χ0v) is 20.5. The molecule has 0 bridgehead atoms. The number of esters is 1. The number of halogens is 1. The van der Waals surface area contributed by atoms with E-state index in [4.69, 9.17) is 16.3 Å². The number of ether oxygens (including phenoxy) is 1. The number of hydrogen-bond donors (Lipinski definition) is 0. The first-order valence-corrected chi connectivity index (χ1v) is 11.2. The molecular formula is C25H30ClN3O4. The highest BCUT2D eigenvalue weighted by molar-refractivity contribution is 6.31. The molecule has 33 heavy (non-hydrogen) atoms. The summed E-state index contributed by atoms with van der Waals surface area (Å²) in [5.41, 5.74) is 1.07. The Labute approximate surface area is 199 Å². The average molecular weight is 472 g/mol. The number of rotatable bonds is 6. The Hall–Kier alpha value is -2.93. The second-order valence-electron chi connectivity index (χ2n) is 9.62. The van der Waals surface area contributed by atoms with E-state index in [1.165, 1.54) is 6.08 Å². The number of benzene rings is 1. The number of hydrogen-bond acceptors (Lipinski definition) is 5. The predicted molar refractivity (Wildman–Crippen MR) is 127 cm³/mol. The van der Waals surface area contributed by atoms with Crippen LogP contribution in [0, 0.1) is 6.92 Å². The van der Waals surface area contributed by atoms with Gasteiger partial charge in [-0.05, 0) is 46.3 Å². The Morgan fingerprint density at radius 2 is 1.73 bits per heavy atom. The molecule has 0 atom stereocenters. The molecule has 2 aromatic rings. The number of aromatic nitrogens is 2. The quantitative estimate of drug-likeness (QED) is 0.466. The summed E-state index contributed by atoms with van der Waals surface area (Å²) in [5.74, 6) is -0.864. The number of aryl methyl sites for hydroxylation is 1. The third-order valence-electron chi connectivity index (χ3n) is 5.73. The van der Waals surface area contributed by atoms with Crippen molar-refractivity contribution in [3.05, 3.63) is 58.4 Å². The van der Waals surface area contributed by atoms with Crippen LogP contribution in [0.15, 0.2) is 36.4 Å². The molecule has 0 spiro atoms. The van der Waals surface area contributed by atoms with Crippen LogP contribution in [0.25, 0.3) is 6.08 Å². The van der Waals surface area contributed by atoms with Gasteiger partial charge in [0.2, 0.25) is 0 Å². The molecule has 1 aromatic heterocycles. The van der Waals surface area contributed by atoms with Crippen LogP contribution < -0.4 is 0 Å². The molecule has 1 aliphatic heterocycles. The summed E-state index contributed by atoms with van der Waals surface area (Å²) in [6.07, 6.45) is 3.35. The minimum atomic E-state index is -0.654. The van der Waals surface area contributed by atoms with Gasteiger partial charge in [-0.1, -0.05) is 41.9 Å². The van der Waals surface area contributed by atoms with E-state index in [2.05, 4.69) is 5.10 Å². The average Bonchev–Trinajstić information content (AvgIpc) is 2.96. The van der Waals surface area contributed by atoms with E-state index in [0.717, 1.165) is 5.56 Å². The van der Waals surface area contributed by atoms with Crippen LogP contribution >= 0.6 is 11.6 Å². The van der Waals surface area contributed by atoms with Crippen LogP contribution in [0.5, 0.6) is 0 Å². The Kier molecular flexibility index (Phi) is 7.12. The van der Waals surface area contributed by atoms with E-state index in [0.29, 0.717) is 23.0 Å². The first-order chi connectivity index (χ1) is 15.4. The molecule has 0 radical (unpaired) electrons. The van der Waals surface area contributed by atoms with Crippen molar-refractivity contribution >= 4 is 35.3 Å². The summed E-state index contributed by atoms with van der Waals surface area (Å²) in [4.78, 5) is 38.9. The lowest BCUT2D eigenvalue weighted by molar-refractivity contribution is -0.161. The molecule has 0 unspecified atom stereocenters. The van der Waals surface area contributed by atoms with E-state index >= 15 is 0 Å². The van der Waals surface area contributed by atoms with Gasteiger partial charge < -0.3 is 9.64 Å². The number of Topliss-reactive ketones (excluding diaryl/α,β-unsaturated/α-hetero) is 1. The number of carbonyl (C=O) groups excluding carboxylic acids is 3. The second kappa shape index (κ2) is 9.51. The van der Waals surface area contributed by atoms with Crippen LogP contribution in [-0.4, -0.2) is 50.0 Å². The van der Waals surface area contributed by atoms with Crippen molar-refractivity contribution in [3.63, 3.8) is 0 Å². The SMILES string of the molecule is Cc1nn(Cc2ccccc2)c(Cl)c1/C=C/C(=O)OCC(=O)N1C(C)(C)CC(=O)CC1(C)C. The van der Waals surface area contributed by atoms with Crippen LogP contribution in [0.1, 0.15) is 57.4 Å². The van der Waals surface area contributed by atoms with Crippen molar-refractivity contribution in [2.45, 2.75) is 65.1 Å². The molecule has 0 N–H and O–H groups in total. The van der Waals surface area contributed by atoms with Gasteiger partial charge in [-0.15, -0.1) is 0 Å². The van der Waals surface area contributed by atoms with Crippen molar-refractivity contribution in [1.82, 2.24) is 14.7 Å². The van der Waals surface area contributed by atoms with Crippen LogP contribution in [0.3, 0.4) is 0 Å². The number of amides is 1. The topological polar surface area (TPSA) is 81.5 Å². The van der Waals surface area contributed by atoms with Gasteiger partial charge in [-0.3, -0.25) is 9.59 Å². The van der Waals surface area contributed by atoms with E-state index in [-0.39, 0.29) is 24.5 Å². The molecule has 8 heteroatoms. The number of piperidine rings is 1. The zero-order valence-electron chi connectivity index (χ0n) is 19.7. The van der Waals surface area contributed by atoms with Gasteiger partial charge >= 0.3 is 5.97 Å². The molecule has 2 heterocycles. The molecule has 176 valence electrons. The molecule has 0 aliphatic carbocycles.